The van der Waals surface area contributed by atoms with Crippen molar-refractivity contribution in [2.24, 2.45) is 0 Å². The van der Waals surface area contributed by atoms with Crippen LogP contribution in [-0.4, -0.2) is 70.1 Å². The van der Waals surface area contributed by atoms with Gasteiger partial charge in [0.2, 0.25) is 0 Å². The molecule has 1 fully saturated rings. The summed E-state index contributed by atoms with van der Waals surface area (Å²) in [7, 11) is 0. The Hall–Kier alpha value is -3.29. The van der Waals surface area contributed by atoms with Gasteiger partial charge in [-0.3, -0.25) is 9.59 Å². The Morgan fingerprint density at radius 3 is 2.27 bits per heavy atom. The average molecular weight is 410 g/mol. The average Bonchev–Trinajstić information content (AvgIpc) is 2.73. The highest BCUT2D eigenvalue weighted by Crippen LogP contribution is 2.16. The van der Waals surface area contributed by atoms with Crippen LogP contribution in [0.2, 0.25) is 0 Å². The zero-order valence-electron chi connectivity index (χ0n) is 17.5. The molecule has 1 aromatic carbocycles. The molecule has 2 heterocycles. The Kier molecular flexibility index (Phi) is 6.44. The van der Waals surface area contributed by atoms with E-state index in [1.54, 1.807) is 15.9 Å². The first-order valence-corrected chi connectivity index (χ1v) is 9.90. The third kappa shape index (κ3) is 5.40. The Morgan fingerprint density at radius 1 is 1.03 bits per heavy atom. The second-order valence-corrected chi connectivity index (χ2v) is 8.18. The summed E-state index contributed by atoms with van der Waals surface area (Å²) in [5, 5.41) is 7.89. The number of benzene rings is 1. The normalized spacial score (nSPS) is 14.4. The third-order valence-corrected chi connectivity index (χ3v) is 4.69. The number of amides is 2. The van der Waals surface area contributed by atoms with Gasteiger partial charge in [-0.05, 0) is 44.4 Å². The molecule has 1 aliphatic rings. The van der Waals surface area contributed by atoms with Crippen LogP contribution >= 0.6 is 0 Å². The van der Waals surface area contributed by atoms with Crippen LogP contribution in [0, 0.1) is 0 Å². The second-order valence-electron chi connectivity index (χ2n) is 8.18. The van der Waals surface area contributed by atoms with Crippen LogP contribution in [0.3, 0.4) is 0 Å². The summed E-state index contributed by atoms with van der Waals surface area (Å²) >= 11 is 0. The lowest BCUT2D eigenvalue weighted by atomic mass is 10.0. The van der Waals surface area contributed by atoms with Crippen LogP contribution in [0.25, 0.3) is 0 Å². The third-order valence-electron chi connectivity index (χ3n) is 4.69. The molecule has 8 nitrogen and oxygen atoms in total. The van der Waals surface area contributed by atoms with E-state index in [-0.39, 0.29) is 23.4 Å². The van der Waals surface area contributed by atoms with Crippen molar-refractivity contribution < 1.29 is 19.1 Å². The zero-order valence-corrected chi connectivity index (χ0v) is 17.5. The van der Waals surface area contributed by atoms with Gasteiger partial charge < -0.3 is 14.5 Å². The van der Waals surface area contributed by atoms with Crippen molar-refractivity contribution in [3.05, 3.63) is 58.9 Å². The summed E-state index contributed by atoms with van der Waals surface area (Å²) in [4.78, 5) is 39.7. The molecule has 0 bridgehead atoms. The van der Waals surface area contributed by atoms with E-state index in [2.05, 4.69) is 10.2 Å². The topological polar surface area (TPSA) is 92.7 Å². The van der Waals surface area contributed by atoms with E-state index in [4.69, 9.17) is 4.74 Å². The monoisotopic (exact) mass is 410 g/mol. The molecule has 0 atom stereocenters. The van der Waals surface area contributed by atoms with Crippen molar-refractivity contribution in [2.45, 2.75) is 32.8 Å². The van der Waals surface area contributed by atoms with Gasteiger partial charge in [-0.25, -0.2) is 4.79 Å². The summed E-state index contributed by atoms with van der Waals surface area (Å²) in [5.74, 6) is -0.266. The summed E-state index contributed by atoms with van der Waals surface area (Å²) in [6, 6.07) is 11.3. The van der Waals surface area contributed by atoms with Gasteiger partial charge in [-0.15, -0.1) is 10.2 Å². The molecule has 1 saturated heterocycles. The van der Waals surface area contributed by atoms with E-state index in [1.807, 2.05) is 51.1 Å². The fourth-order valence-corrected chi connectivity index (χ4v) is 3.18. The minimum atomic E-state index is -0.560. The number of nitrogens with zero attached hydrogens (tertiary/aromatic N) is 4. The molecule has 0 aliphatic carbocycles. The van der Waals surface area contributed by atoms with Gasteiger partial charge in [-0.1, -0.05) is 30.3 Å². The SMILES string of the molecule is CC(C)(C)OC(=O)N1CCN(C(=O)c2cc(Cc3ccccc3)c(C=O)nn2)CC1. The van der Waals surface area contributed by atoms with Crippen LogP contribution in [0.4, 0.5) is 4.79 Å². The number of carbonyl (C=O) groups excluding carboxylic acids is 3. The molecule has 1 aliphatic heterocycles. The largest absolute Gasteiger partial charge is 0.444 e. The van der Waals surface area contributed by atoms with Crippen molar-refractivity contribution in [1.82, 2.24) is 20.0 Å². The number of hydrogen-bond acceptors (Lipinski definition) is 6. The van der Waals surface area contributed by atoms with E-state index in [0.717, 1.165) is 5.56 Å². The standard InChI is InChI=1S/C22H26N4O4/c1-22(2,3)30-21(29)26-11-9-25(10-12-26)20(28)18-14-17(19(15-27)24-23-18)13-16-7-5-4-6-8-16/h4-8,14-15H,9-13H2,1-3H3. The van der Waals surface area contributed by atoms with E-state index in [0.29, 0.717) is 44.4 Å². The molecule has 0 unspecified atom stereocenters. The van der Waals surface area contributed by atoms with Gasteiger partial charge in [0.05, 0.1) is 0 Å². The van der Waals surface area contributed by atoms with Crippen LogP contribution < -0.4 is 0 Å². The van der Waals surface area contributed by atoms with Crippen LogP contribution in [0.5, 0.6) is 0 Å². The summed E-state index contributed by atoms with van der Waals surface area (Å²) in [6.45, 7) is 6.99. The van der Waals surface area contributed by atoms with Gasteiger partial charge in [0.1, 0.15) is 11.3 Å². The number of aldehydes is 1. The van der Waals surface area contributed by atoms with Crippen LogP contribution in [0.15, 0.2) is 36.4 Å². The molecule has 158 valence electrons. The first-order valence-electron chi connectivity index (χ1n) is 9.90. The second kappa shape index (κ2) is 9.02. The molecule has 0 N–H and O–H groups in total. The minimum Gasteiger partial charge on any atom is -0.444 e. The molecule has 0 saturated carbocycles. The summed E-state index contributed by atoms with van der Waals surface area (Å²) in [6.07, 6.45) is 0.755. The van der Waals surface area contributed by atoms with E-state index < -0.39 is 5.60 Å². The lowest BCUT2D eigenvalue weighted by Gasteiger charge is -2.35. The number of hydrogen-bond donors (Lipinski definition) is 0. The van der Waals surface area contributed by atoms with E-state index >= 15 is 0 Å². The zero-order chi connectivity index (χ0) is 21.7. The van der Waals surface area contributed by atoms with Gasteiger partial charge in [0, 0.05) is 26.2 Å². The van der Waals surface area contributed by atoms with Crippen LogP contribution in [0.1, 0.15) is 52.9 Å². The summed E-state index contributed by atoms with van der Waals surface area (Å²) in [5.41, 5.74) is 1.53. The lowest BCUT2D eigenvalue weighted by Crippen LogP contribution is -2.51. The van der Waals surface area contributed by atoms with Crippen molar-refractivity contribution >= 4 is 18.3 Å². The minimum absolute atomic E-state index is 0.192. The molecule has 1 aromatic heterocycles. The Labute approximate surface area is 175 Å². The Morgan fingerprint density at radius 2 is 1.67 bits per heavy atom. The molecule has 2 amide bonds. The lowest BCUT2D eigenvalue weighted by molar-refractivity contribution is 0.0140. The predicted octanol–water partition coefficient (Wildman–Crippen LogP) is 2.57. The van der Waals surface area contributed by atoms with E-state index in [1.165, 1.54) is 0 Å². The molecule has 0 radical (unpaired) electrons. The summed E-state index contributed by atoms with van der Waals surface area (Å²) < 4.78 is 5.38. The molecule has 3 rings (SSSR count). The number of ether oxygens (including phenoxy) is 1. The highest BCUT2D eigenvalue weighted by atomic mass is 16.6. The fraction of sp³-hybridized carbons (Fsp3) is 0.409. The quantitative estimate of drug-likeness (QED) is 0.720. The number of carbonyl (C=O) groups is 3. The molecule has 2 aromatic rings. The maximum atomic E-state index is 12.9. The van der Waals surface area contributed by atoms with E-state index in [9.17, 15) is 14.4 Å². The van der Waals surface area contributed by atoms with Gasteiger partial charge in [0.25, 0.3) is 5.91 Å². The first-order chi connectivity index (χ1) is 14.3. The maximum Gasteiger partial charge on any atom is 0.410 e. The predicted molar refractivity (Wildman–Crippen MR) is 110 cm³/mol. The van der Waals surface area contributed by atoms with Gasteiger partial charge in [-0.2, -0.15) is 0 Å². The van der Waals surface area contributed by atoms with Gasteiger partial charge in [0.15, 0.2) is 12.0 Å². The molecular weight excluding hydrogens is 384 g/mol. The van der Waals surface area contributed by atoms with Gasteiger partial charge >= 0.3 is 6.09 Å². The molecule has 30 heavy (non-hydrogen) atoms. The highest BCUT2D eigenvalue weighted by Gasteiger charge is 2.29. The Bertz CT molecular complexity index is 916. The maximum absolute atomic E-state index is 12.9. The highest BCUT2D eigenvalue weighted by molar-refractivity contribution is 5.93. The van der Waals surface area contributed by atoms with Crippen molar-refractivity contribution in [3.63, 3.8) is 0 Å². The van der Waals surface area contributed by atoms with Crippen molar-refractivity contribution in [3.8, 4) is 0 Å². The first kappa shape index (κ1) is 21.4. The molecule has 8 heteroatoms. The smallest absolute Gasteiger partial charge is 0.410 e. The van der Waals surface area contributed by atoms with Crippen molar-refractivity contribution in [2.75, 3.05) is 26.2 Å². The van der Waals surface area contributed by atoms with Crippen LogP contribution in [-0.2, 0) is 11.2 Å². The van der Waals surface area contributed by atoms with Crippen molar-refractivity contribution in [1.29, 1.82) is 0 Å². The fourth-order valence-electron chi connectivity index (χ4n) is 3.18. The number of aromatic nitrogens is 2. The molecule has 0 spiro atoms. The Balaban J connectivity index is 1.68. The number of piperazine rings is 1. The molecular formula is C22H26N4O4. The number of rotatable bonds is 4.